The Bertz CT molecular complexity index is 406. The van der Waals surface area contributed by atoms with Gasteiger partial charge in [0.1, 0.15) is 6.61 Å². The van der Waals surface area contributed by atoms with Crippen LogP contribution in [-0.4, -0.2) is 39.3 Å². The first-order chi connectivity index (χ1) is 8.24. The summed E-state index contributed by atoms with van der Waals surface area (Å²) in [7, 11) is 2.04. The van der Waals surface area contributed by atoms with Gasteiger partial charge in [-0.3, -0.25) is 4.79 Å². The first-order valence-electron chi connectivity index (χ1n) is 5.92. The van der Waals surface area contributed by atoms with Crippen molar-refractivity contribution in [2.45, 2.75) is 6.92 Å². The highest BCUT2D eigenvalue weighted by Gasteiger charge is 2.24. The molecule has 0 saturated carbocycles. The van der Waals surface area contributed by atoms with Gasteiger partial charge in [-0.15, -0.1) is 0 Å². The summed E-state index contributed by atoms with van der Waals surface area (Å²) < 4.78 is 5.19. The lowest BCUT2D eigenvalue weighted by molar-refractivity contribution is -0.122. The second-order valence-electron chi connectivity index (χ2n) is 4.09. The molecule has 0 spiro atoms. The van der Waals surface area contributed by atoms with Gasteiger partial charge in [0.2, 0.25) is 0 Å². The van der Waals surface area contributed by atoms with E-state index in [2.05, 4.69) is 4.90 Å². The van der Waals surface area contributed by atoms with E-state index in [0.29, 0.717) is 6.61 Å². The molecule has 0 aliphatic carbocycles. The molecule has 0 saturated heterocycles. The minimum atomic E-state index is 0.0346. The maximum Gasteiger partial charge on any atom is 0.253 e. The van der Waals surface area contributed by atoms with Gasteiger partial charge in [-0.1, -0.05) is 12.1 Å². The molecule has 1 aromatic carbocycles. The number of fused-ring (bicyclic) bond motifs is 1. The number of carbonyl (C=O) groups excluding carboxylic acids is 1. The lowest BCUT2D eigenvalue weighted by Crippen LogP contribution is -2.44. The minimum Gasteiger partial charge on any atom is -0.372 e. The van der Waals surface area contributed by atoms with Gasteiger partial charge in [-0.05, 0) is 19.1 Å². The highest BCUT2D eigenvalue weighted by Crippen LogP contribution is 2.31. The number of carbonyl (C=O) groups is 1. The van der Waals surface area contributed by atoms with E-state index in [1.54, 1.807) is 0 Å². The normalized spacial score (nSPS) is 14.7. The standard InChI is InChI=1S/C13H18N2O2/c1-3-17-10-13(16)15-9-8-14(2)11-6-4-5-7-12(11)15/h4-7H,3,8-10H2,1-2H3. The van der Waals surface area contributed by atoms with Crippen LogP contribution in [-0.2, 0) is 9.53 Å². The van der Waals surface area contributed by atoms with Crippen LogP contribution in [0.5, 0.6) is 0 Å². The third-order valence-corrected chi connectivity index (χ3v) is 2.97. The Morgan fingerprint density at radius 3 is 2.71 bits per heavy atom. The summed E-state index contributed by atoms with van der Waals surface area (Å²) in [5.74, 6) is 0.0346. The van der Waals surface area contributed by atoms with Gasteiger partial charge >= 0.3 is 0 Å². The molecule has 0 unspecified atom stereocenters. The van der Waals surface area contributed by atoms with Crippen molar-refractivity contribution in [2.75, 3.05) is 43.2 Å². The Labute approximate surface area is 102 Å². The fourth-order valence-corrected chi connectivity index (χ4v) is 2.03. The quantitative estimate of drug-likeness (QED) is 0.794. The van der Waals surface area contributed by atoms with Crippen molar-refractivity contribution in [3.8, 4) is 0 Å². The topological polar surface area (TPSA) is 32.8 Å². The van der Waals surface area contributed by atoms with Crippen molar-refractivity contribution in [3.63, 3.8) is 0 Å². The SMILES string of the molecule is CCOCC(=O)N1CCN(C)c2ccccc21. The zero-order chi connectivity index (χ0) is 12.3. The van der Waals surface area contributed by atoms with Crippen molar-refractivity contribution in [2.24, 2.45) is 0 Å². The van der Waals surface area contributed by atoms with Crippen LogP contribution < -0.4 is 9.80 Å². The number of hydrogen-bond acceptors (Lipinski definition) is 3. The van der Waals surface area contributed by atoms with Crippen LogP contribution in [0.1, 0.15) is 6.92 Å². The van der Waals surface area contributed by atoms with Gasteiger partial charge in [-0.2, -0.15) is 0 Å². The van der Waals surface area contributed by atoms with Crippen LogP contribution in [0, 0.1) is 0 Å². The van der Waals surface area contributed by atoms with E-state index in [0.717, 1.165) is 24.5 Å². The summed E-state index contributed by atoms with van der Waals surface area (Å²) in [6.07, 6.45) is 0. The molecule has 1 aromatic rings. The maximum absolute atomic E-state index is 12.0. The molecule has 0 radical (unpaired) electrons. The van der Waals surface area contributed by atoms with Crippen LogP contribution in [0.4, 0.5) is 11.4 Å². The van der Waals surface area contributed by atoms with Crippen LogP contribution in [0.25, 0.3) is 0 Å². The molecular formula is C13H18N2O2. The number of rotatable bonds is 3. The zero-order valence-electron chi connectivity index (χ0n) is 10.3. The highest BCUT2D eigenvalue weighted by molar-refractivity contribution is 5.98. The number of likely N-dealkylation sites (N-methyl/N-ethyl adjacent to an activating group) is 1. The van der Waals surface area contributed by atoms with Gasteiger partial charge < -0.3 is 14.5 Å². The van der Waals surface area contributed by atoms with Gasteiger partial charge in [0.25, 0.3) is 5.91 Å². The van der Waals surface area contributed by atoms with Gasteiger partial charge in [0.15, 0.2) is 0 Å². The lowest BCUT2D eigenvalue weighted by atomic mass is 10.2. The number of amides is 1. The van der Waals surface area contributed by atoms with E-state index in [1.807, 2.05) is 43.1 Å². The fourth-order valence-electron chi connectivity index (χ4n) is 2.03. The number of hydrogen-bond donors (Lipinski definition) is 0. The molecule has 0 atom stereocenters. The molecule has 1 amide bonds. The van der Waals surface area contributed by atoms with Crippen molar-refractivity contribution in [3.05, 3.63) is 24.3 Å². The summed E-state index contributed by atoms with van der Waals surface area (Å²) in [4.78, 5) is 16.0. The molecule has 1 aliphatic heterocycles. The molecule has 2 rings (SSSR count). The predicted octanol–water partition coefficient (Wildman–Crippen LogP) is 1.51. The molecule has 0 bridgehead atoms. The largest absolute Gasteiger partial charge is 0.372 e. The van der Waals surface area contributed by atoms with Gasteiger partial charge in [0.05, 0.1) is 11.4 Å². The van der Waals surface area contributed by atoms with Crippen molar-refractivity contribution in [1.82, 2.24) is 0 Å². The van der Waals surface area contributed by atoms with Gasteiger partial charge in [-0.25, -0.2) is 0 Å². The molecule has 92 valence electrons. The maximum atomic E-state index is 12.0. The minimum absolute atomic E-state index is 0.0346. The van der Waals surface area contributed by atoms with Crippen LogP contribution in [0.3, 0.4) is 0 Å². The van der Waals surface area contributed by atoms with Crippen LogP contribution in [0.2, 0.25) is 0 Å². The molecule has 1 heterocycles. The lowest BCUT2D eigenvalue weighted by Gasteiger charge is -2.35. The Balaban J connectivity index is 2.21. The Kier molecular flexibility index (Phi) is 3.64. The Hall–Kier alpha value is -1.55. The van der Waals surface area contributed by atoms with Crippen LogP contribution in [0.15, 0.2) is 24.3 Å². The van der Waals surface area contributed by atoms with E-state index in [4.69, 9.17) is 4.74 Å². The van der Waals surface area contributed by atoms with Crippen molar-refractivity contribution in [1.29, 1.82) is 0 Å². The average Bonchev–Trinajstić information content (AvgIpc) is 2.37. The summed E-state index contributed by atoms with van der Waals surface area (Å²) in [6, 6.07) is 7.97. The number of nitrogens with zero attached hydrogens (tertiary/aromatic N) is 2. The number of benzene rings is 1. The zero-order valence-corrected chi connectivity index (χ0v) is 10.3. The summed E-state index contributed by atoms with van der Waals surface area (Å²) >= 11 is 0. The smallest absolute Gasteiger partial charge is 0.253 e. The van der Waals surface area contributed by atoms with E-state index in [9.17, 15) is 4.79 Å². The highest BCUT2D eigenvalue weighted by atomic mass is 16.5. The third-order valence-electron chi connectivity index (χ3n) is 2.97. The second kappa shape index (κ2) is 5.19. The van der Waals surface area contributed by atoms with Gasteiger partial charge in [0, 0.05) is 26.7 Å². The summed E-state index contributed by atoms with van der Waals surface area (Å²) in [6.45, 7) is 4.20. The molecule has 17 heavy (non-hydrogen) atoms. The van der Waals surface area contributed by atoms with E-state index in [-0.39, 0.29) is 12.5 Å². The summed E-state index contributed by atoms with van der Waals surface area (Å²) in [5, 5.41) is 0. The molecule has 4 heteroatoms. The molecule has 4 nitrogen and oxygen atoms in total. The van der Waals surface area contributed by atoms with Crippen LogP contribution >= 0.6 is 0 Å². The van der Waals surface area contributed by atoms with Crippen molar-refractivity contribution >= 4 is 17.3 Å². The predicted molar refractivity (Wildman–Crippen MR) is 68.6 cm³/mol. The molecule has 0 fully saturated rings. The fraction of sp³-hybridized carbons (Fsp3) is 0.462. The monoisotopic (exact) mass is 234 g/mol. The Morgan fingerprint density at radius 2 is 2.00 bits per heavy atom. The number of ether oxygens (including phenoxy) is 1. The summed E-state index contributed by atoms with van der Waals surface area (Å²) in [5.41, 5.74) is 2.08. The van der Waals surface area contributed by atoms with E-state index < -0.39 is 0 Å². The van der Waals surface area contributed by atoms with E-state index in [1.165, 1.54) is 0 Å². The average molecular weight is 234 g/mol. The first kappa shape index (κ1) is 11.9. The first-order valence-corrected chi connectivity index (χ1v) is 5.92. The van der Waals surface area contributed by atoms with E-state index >= 15 is 0 Å². The van der Waals surface area contributed by atoms with Crippen molar-refractivity contribution < 1.29 is 9.53 Å². The second-order valence-corrected chi connectivity index (χ2v) is 4.09. The molecular weight excluding hydrogens is 216 g/mol. The molecule has 0 N–H and O–H groups in total. The Morgan fingerprint density at radius 1 is 1.29 bits per heavy atom. The number of para-hydroxylation sites is 2. The molecule has 0 aromatic heterocycles. The number of anilines is 2. The third kappa shape index (κ3) is 2.42. The molecule has 1 aliphatic rings.